The van der Waals surface area contributed by atoms with Gasteiger partial charge in [0.15, 0.2) is 0 Å². The highest BCUT2D eigenvalue weighted by Crippen LogP contribution is 2.20. The molecule has 516 valence electrons. The Bertz CT molecular complexity index is 1360. The van der Waals surface area contributed by atoms with Gasteiger partial charge >= 0.3 is 5.97 Å². The standard InChI is InChI=1S/C81H157NO5/c1-3-5-7-9-11-13-15-17-19-21-22-23-33-36-39-42-45-49-53-57-61-65-69-73-79(84)78(77-83)82-80(85)74-70-66-62-58-54-50-46-43-40-37-34-31-29-27-25-24-26-28-30-32-35-38-41-44-48-52-56-60-64-68-72-76-87-81(86)75-71-67-63-59-55-51-47-20-18-16-14-12-10-8-6-4-2/h14,16,20,47,78-79,83-84H,3-13,15,17-19,21-46,48-77H2,1-2H3,(H,82,85)/b16-14-,47-20-. The summed E-state index contributed by atoms with van der Waals surface area (Å²) in [6, 6.07) is -0.539. The van der Waals surface area contributed by atoms with E-state index in [9.17, 15) is 19.8 Å². The van der Waals surface area contributed by atoms with Crippen LogP contribution in [0, 0.1) is 0 Å². The number of unbranched alkanes of at least 4 members (excludes halogenated alkanes) is 61. The van der Waals surface area contributed by atoms with Crippen molar-refractivity contribution in [2.45, 2.75) is 469 Å². The van der Waals surface area contributed by atoms with Crippen molar-refractivity contribution in [3.05, 3.63) is 24.3 Å². The predicted octanol–water partition coefficient (Wildman–Crippen LogP) is 26.4. The summed E-state index contributed by atoms with van der Waals surface area (Å²) < 4.78 is 5.50. The fourth-order valence-corrected chi connectivity index (χ4v) is 12.9. The van der Waals surface area contributed by atoms with E-state index in [1.54, 1.807) is 0 Å². The van der Waals surface area contributed by atoms with Crippen LogP contribution in [0.1, 0.15) is 457 Å². The van der Waals surface area contributed by atoms with Gasteiger partial charge in [-0.3, -0.25) is 9.59 Å². The molecule has 6 nitrogen and oxygen atoms in total. The molecule has 2 unspecified atom stereocenters. The Morgan fingerprint density at radius 3 is 0.885 bits per heavy atom. The normalized spacial score (nSPS) is 12.6. The van der Waals surface area contributed by atoms with Crippen molar-refractivity contribution in [1.29, 1.82) is 0 Å². The van der Waals surface area contributed by atoms with Crippen LogP contribution in [0.3, 0.4) is 0 Å². The van der Waals surface area contributed by atoms with Gasteiger partial charge in [-0.2, -0.15) is 0 Å². The van der Waals surface area contributed by atoms with Crippen molar-refractivity contribution in [3.8, 4) is 0 Å². The first-order valence-corrected chi connectivity index (χ1v) is 40.1. The van der Waals surface area contributed by atoms with Crippen LogP contribution in [0.15, 0.2) is 24.3 Å². The number of rotatable bonds is 76. The minimum absolute atomic E-state index is 0.00823. The van der Waals surface area contributed by atoms with Gasteiger partial charge < -0.3 is 20.3 Å². The number of esters is 1. The van der Waals surface area contributed by atoms with Gasteiger partial charge in [0, 0.05) is 12.8 Å². The van der Waals surface area contributed by atoms with Crippen molar-refractivity contribution < 1.29 is 24.5 Å². The first-order chi connectivity index (χ1) is 43.0. The van der Waals surface area contributed by atoms with Crippen molar-refractivity contribution in [2.75, 3.05) is 13.2 Å². The SMILES string of the molecule is CCCCCC/C=C\C/C=C\CCCCCCCC(=O)OCCCCCCCCCCCCCCCCCCCCCCCCCCCCCCCCCC(=O)NC(CO)C(O)CCCCCCCCCCCCCCCCCCCCCCCCC. The van der Waals surface area contributed by atoms with E-state index in [0.717, 1.165) is 51.4 Å². The van der Waals surface area contributed by atoms with Crippen LogP contribution in [0.4, 0.5) is 0 Å². The second-order valence-electron chi connectivity index (χ2n) is 27.8. The zero-order valence-corrected chi connectivity index (χ0v) is 59.3. The lowest BCUT2D eigenvalue weighted by Crippen LogP contribution is -2.45. The fraction of sp³-hybridized carbons (Fsp3) is 0.926. The average molecular weight is 1230 g/mol. The molecule has 6 heteroatoms. The van der Waals surface area contributed by atoms with E-state index in [1.165, 1.54) is 372 Å². The van der Waals surface area contributed by atoms with Gasteiger partial charge in [0.25, 0.3) is 0 Å². The van der Waals surface area contributed by atoms with E-state index in [-0.39, 0.29) is 18.5 Å². The van der Waals surface area contributed by atoms with Gasteiger partial charge in [-0.25, -0.2) is 0 Å². The van der Waals surface area contributed by atoms with Gasteiger partial charge in [-0.1, -0.05) is 411 Å². The zero-order valence-electron chi connectivity index (χ0n) is 59.3. The van der Waals surface area contributed by atoms with E-state index < -0.39 is 12.1 Å². The molecule has 0 aromatic heterocycles. The van der Waals surface area contributed by atoms with Crippen molar-refractivity contribution in [1.82, 2.24) is 5.32 Å². The number of aliphatic hydroxyl groups is 2. The first-order valence-electron chi connectivity index (χ1n) is 40.1. The molecule has 0 saturated carbocycles. The van der Waals surface area contributed by atoms with Gasteiger partial charge in [0.2, 0.25) is 5.91 Å². The molecule has 0 radical (unpaired) electrons. The molecule has 2 atom stereocenters. The summed E-state index contributed by atoms with van der Waals surface area (Å²) in [6.07, 6.45) is 98.4. The summed E-state index contributed by atoms with van der Waals surface area (Å²) in [5, 5.41) is 23.5. The summed E-state index contributed by atoms with van der Waals surface area (Å²) in [7, 11) is 0. The van der Waals surface area contributed by atoms with Crippen LogP contribution >= 0.6 is 0 Å². The quantitative estimate of drug-likeness (QED) is 0.0320. The number of carbonyl (C=O) groups excluding carboxylic acids is 2. The molecule has 0 saturated heterocycles. The molecule has 0 aromatic carbocycles. The monoisotopic (exact) mass is 1220 g/mol. The molecule has 0 aromatic rings. The minimum atomic E-state index is -0.663. The number of allylic oxidation sites excluding steroid dienone is 4. The number of aliphatic hydroxyl groups excluding tert-OH is 2. The number of hydrogen-bond donors (Lipinski definition) is 3. The minimum Gasteiger partial charge on any atom is -0.466 e. The smallest absolute Gasteiger partial charge is 0.305 e. The number of carbonyl (C=O) groups is 2. The molecule has 0 heterocycles. The van der Waals surface area contributed by atoms with E-state index in [2.05, 4.69) is 43.5 Å². The van der Waals surface area contributed by atoms with Gasteiger partial charge in [-0.05, 0) is 57.8 Å². The molecule has 0 fully saturated rings. The van der Waals surface area contributed by atoms with Gasteiger partial charge in [0.05, 0.1) is 25.4 Å². The Labute approximate surface area is 545 Å². The molecule has 3 N–H and O–H groups in total. The van der Waals surface area contributed by atoms with Crippen LogP contribution in [0.5, 0.6) is 0 Å². The topological polar surface area (TPSA) is 95.9 Å². The Kier molecular flexibility index (Phi) is 75.3. The second-order valence-corrected chi connectivity index (χ2v) is 27.8. The lowest BCUT2D eigenvalue weighted by atomic mass is 10.0. The highest BCUT2D eigenvalue weighted by Gasteiger charge is 2.20. The molecule has 0 bridgehead atoms. The summed E-state index contributed by atoms with van der Waals surface area (Å²) in [4.78, 5) is 24.7. The predicted molar refractivity (Wildman–Crippen MR) is 384 cm³/mol. The fourth-order valence-electron chi connectivity index (χ4n) is 12.9. The maximum Gasteiger partial charge on any atom is 0.305 e. The molecular weight excluding hydrogens is 1070 g/mol. The maximum atomic E-state index is 12.6. The molecule has 0 spiro atoms. The molecular formula is C81H157NO5. The highest BCUT2D eigenvalue weighted by molar-refractivity contribution is 5.76. The molecule has 1 amide bonds. The molecule has 0 aliphatic heterocycles. The van der Waals surface area contributed by atoms with Gasteiger partial charge in [0.1, 0.15) is 0 Å². The highest BCUT2D eigenvalue weighted by atomic mass is 16.5. The second kappa shape index (κ2) is 76.8. The third-order valence-electron chi connectivity index (χ3n) is 19.0. The number of amides is 1. The Hall–Kier alpha value is -1.66. The van der Waals surface area contributed by atoms with E-state index in [4.69, 9.17) is 4.74 Å². The Morgan fingerprint density at radius 1 is 0.322 bits per heavy atom. The molecule has 0 rings (SSSR count). The van der Waals surface area contributed by atoms with Crippen LogP contribution in [-0.2, 0) is 14.3 Å². The number of nitrogens with one attached hydrogen (secondary N) is 1. The lowest BCUT2D eigenvalue weighted by Gasteiger charge is -2.22. The molecule has 0 aliphatic carbocycles. The van der Waals surface area contributed by atoms with E-state index in [0.29, 0.717) is 25.9 Å². The Morgan fingerprint density at radius 2 is 0.575 bits per heavy atom. The molecule has 87 heavy (non-hydrogen) atoms. The lowest BCUT2D eigenvalue weighted by molar-refractivity contribution is -0.143. The zero-order chi connectivity index (χ0) is 62.8. The summed E-state index contributed by atoms with van der Waals surface area (Å²) in [6.45, 7) is 4.98. The third kappa shape index (κ3) is 73.3. The number of ether oxygens (including phenoxy) is 1. The Balaban J connectivity index is 3.33. The third-order valence-corrected chi connectivity index (χ3v) is 19.0. The summed E-state index contributed by atoms with van der Waals surface area (Å²) in [5.41, 5.74) is 0. The first kappa shape index (κ1) is 85.3. The average Bonchev–Trinajstić information content (AvgIpc) is 3.52. The van der Waals surface area contributed by atoms with Gasteiger partial charge in [-0.15, -0.1) is 0 Å². The van der Waals surface area contributed by atoms with Crippen LogP contribution in [0.2, 0.25) is 0 Å². The summed E-state index contributed by atoms with van der Waals surface area (Å²) in [5.74, 6) is -0.0168. The summed E-state index contributed by atoms with van der Waals surface area (Å²) >= 11 is 0. The van der Waals surface area contributed by atoms with Crippen molar-refractivity contribution >= 4 is 11.9 Å². The van der Waals surface area contributed by atoms with E-state index >= 15 is 0 Å². The van der Waals surface area contributed by atoms with E-state index in [1.807, 2.05) is 0 Å². The van der Waals surface area contributed by atoms with Crippen molar-refractivity contribution in [2.24, 2.45) is 0 Å². The maximum absolute atomic E-state index is 12.6. The van der Waals surface area contributed by atoms with Crippen LogP contribution in [-0.4, -0.2) is 47.4 Å². The van der Waals surface area contributed by atoms with Crippen LogP contribution in [0.25, 0.3) is 0 Å². The largest absolute Gasteiger partial charge is 0.466 e. The van der Waals surface area contributed by atoms with Crippen LogP contribution < -0.4 is 5.32 Å². The van der Waals surface area contributed by atoms with Crippen molar-refractivity contribution in [3.63, 3.8) is 0 Å². The molecule has 0 aliphatic rings. The number of hydrogen-bond acceptors (Lipinski definition) is 5.